The second-order valence-corrected chi connectivity index (χ2v) is 6.47. The lowest BCUT2D eigenvalue weighted by atomic mass is 10.1. The van der Waals surface area contributed by atoms with Crippen molar-refractivity contribution in [2.75, 3.05) is 34.9 Å². The minimum Gasteiger partial charge on any atom is -0.493 e. The first kappa shape index (κ1) is 20.6. The molecule has 0 saturated heterocycles. The molecular formula is C21H28N2O4. The van der Waals surface area contributed by atoms with Gasteiger partial charge in [-0.3, -0.25) is 9.69 Å². The third kappa shape index (κ3) is 5.89. The molecule has 0 fully saturated rings. The molecule has 1 amide bonds. The summed E-state index contributed by atoms with van der Waals surface area (Å²) in [6.07, 6.45) is 0. The van der Waals surface area contributed by atoms with Gasteiger partial charge in [-0.25, -0.2) is 0 Å². The van der Waals surface area contributed by atoms with Gasteiger partial charge in [0.15, 0.2) is 11.5 Å². The van der Waals surface area contributed by atoms with Gasteiger partial charge in [-0.2, -0.15) is 0 Å². The average Bonchev–Trinajstić information content (AvgIpc) is 2.67. The van der Waals surface area contributed by atoms with Crippen LogP contribution in [0.5, 0.6) is 17.2 Å². The molecule has 0 aliphatic carbocycles. The fraction of sp³-hybridized carbons (Fsp3) is 0.381. The van der Waals surface area contributed by atoms with E-state index in [9.17, 15) is 4.79 Å². The number of likely N-dealkylation sites (N-methyl/N-ethyl adjacent to an activating group) is 1. The number of methoxy groups -OCH3 is 3. The van der Waals surface area contributed by atoms with Crippen LogP contribution in [0.25, 0.3) is 0 Å². The number of nitrogens with zero attached hydrogens (tertiary/aromatic N) is 1. The molecule has 2 rings (SSSR count). The van der Waals surface area contributed by atoms with Crippen LogP contribution >= 0.6 is 0 Å². The van der Waals surface area contributed by atoms with Crippen molar-refractivity contribution in [3.8, 4) is 17.2 Å². The van der Waals surface area contributed by atoms with E-state index in [2.05, 4.69) is 36.5 Å². The largest absolute Gasteiger partial charge is 0.493 e. The van der Waals surface area contributed by atoms with Gasteiger partial charge in [-0.15, -0.1) is 0 Å². The molecule has 0 aromatic heterocycles. The Kier molecular flexibility index (Phi) is 7.49. The Balaban J connectivity index is 1.91. The zero-order valence-electron chi connectivity index (χ0n) is 16.7. The van der Waals surface area contributed by atoms with Crippen LogP contribution in [-0.2, 0) is 17.9 Å². The van der Waals surface area contributed by atoms with Gasteiger partial charge < -0.3 is 19.5 Å². The van der Waals surface area contributed by atoms with Crippen molar-refractivity contribution in [1.82, 2.24) is 10.2 Å². The highest BCUT2D eigenvalue weighted by Gasteiger charge is 2.14. The van der Waals surface area contributed by atoms with E-state index in [0.29, 0.717) is 30.3 Å². The number of aryl methyl sites for hydroxylation is 1. The van der Waals surface area contributed by atoms with Gasteiger partial charge in [-0.1, -0.05) is 29.8 Å². The maximum absolute atomic E-state index is 12.3. The normalized spacial score (nSPS) is 10.6. The molecule has 1 N–H and O–H groups in total. The van der Waals surface area contributed by atoms with Crippen LogP contribution in [0.4, 0.5) is 0 Å². The minimum absolute atomic E-state index is 0.0432. The van der Waals surface area contributed by atoms with Crippen molar-refractivity contribution in [3.05, 3.63) is 53.1 Å². The first-order valence-electron chi connectivity index (χ1n) is 8.76. The summed E-state index contributed by atoms with van der Waals surface area (Å²) in [7, 11) is 6.63. The molecule has 0 atom stereocenters. The molecule has 0 spiro atoms. The van der Waals surface area contributed by atoms with Gasteiger partial charge in [0, 0.05) is 13.1 Å². The summed E-state index contributed by atoms with van der Waals surface area (Å²) in [5, 5.41) is 2.93. The Morgan fingerprint density at radius 3 is 2.07 bits per heavy atom. The SMILES string of the molecule is COc1cc(CNC(=O)CN(C)Cc2ccc(C)cc2)cc(OC)c1OC. The Hall–Kier alpha value is -2.73. The molecule has 6 nitrogen and oxygen atoms in total. The van der Waals surface area contributed by atoms with Crippen LogP contribution in [0.3, 0.4) is 0 Å². The van der Waals surface area contributed by atoms with E-state index in [1.807, 2.05) is 24.1 Å². The highest BCUT2D eigenvalue weighted by molar-refractivity contribution is 5.78. The smallest absolute Gasteiger partial charge is 0.234 e. The highest BCUT2D eigenvalue weighted by atomic mass is 16.5. The molecule has 0 unspecified atom stereocenters. The molecule has 146 valence electrons. The Morgan fingerprint density at radius 1 is 0.963 bits per heavy atom. The average molecular weight is 372 g/mol. The minimum atomic E-state index is -0.0432. The summed E-state index contributed by atoms with van der Waals surface area (Å²) in [5.74, 6) is 1.63. The molecule has 0 aliphatic rings. The van der Waals surface area contributed by atoms with Gasteiger partial charge in [0.25, 0.3) is 0 Å². The second kappa shape index (κ2) is 9.83. The summed E-state index contributed by atoms with van der Waals surface area (Å²) >= 11 is 0. The topological polar surface area (TPSA) is 60.0 Å². The van der Waals surface area contributed by atoms with Crippen LogP contribution in [0, 0.1) is 6.92 Å². The molecular weight excluding hydrogens is 344 g/mol. The van der Waals surface area contributed by atoms with Crippen LogP contribution in [-0.4, -0.2) is 45.7 Å². The number of benzene rings is 2. The first-order valence-corrected chi connectivity index (χ1v) is 8.76. The van der Waals surface area contributed by atoms with E-state index in [1.165, 1.54) is 11.1 Å². The zero-order valence-corrected chi connectivity index (χ0v) is 16.7. The van der Waals surface area contributed by atoms with E-state index in [4.69, 9.17) is 14.2 Å². The van der Waals surface area contributed by atoms with Crippen molar-refractivity contribution < 1.29 is 19.0 Å². The zero-order chi connectivity index (χ0) is 19.8. The van der Waals surface area contributed by atoms with Crippen molar-refractivity contribution in [1.29, 1.82) is 0 Å². The van der Waals surface area contributed by atoms with Crippen LogP contribution in [0.2, 0.25) is 0 Å². The van der Waals surface area contributed by atoms with Gasteiger partial charge in [-0.05, 0) is 37.2 Å². The number of rotatable bonds is 9. The number of carbonyl (C=O) groups is 1. The van der Waals surface area contributed by atoms with Gasteiger partial charge in [0.2, 0.25) is 11.7 Å². The van der Waals surface area contributed by atoms with Crippen molar-refractivity contribution in [2.45, 2.75) is 20.0 Å². The fourth-order valence-electron chi connectivity index (χ4n) is 2.80. The van der Waals surface area contributed by atoms with E-state index >= 15 is 0 Å². The number of nitrogens with one attached hydrogen (secondary N) is 1. The highest BCUT2D eigenvalue weighted by Crippen LogP contribution is 2.38. The maximum atomic E-state index is 12.3. The van der Waals surface area contributed by atoms with Crippen LogP contribution in [0.1, 0.15) is 16.7 Å². The van der Waals surface area contributed by atoms with Gasteiger partial charge >= 0.3 is 0 Å². The molecule has 2 aromatic rings. The third-order valence-corrected chi connectivity index (χ3v) is 4.20. The quantitative estimate of drug-likeness (QED) is 0.733. The lowest BCUT2D eigenvalue weighted by Gasteiger charge is -2.17. The predicted molar refractivity (Wildman–Crippen MR) is 105 cm³/mol. The summed E-state index contributed by atoms with van der Waals surface area (Å²) in [6, 6.07) is 12.0. The van der Waals surface area contributed by atoms with E-state index in [0.717, 1.165) is 12.1 Å². The molecule has 27 heavy (non-hydrogen) atoms. The Morgan fingerprint density at radius 2 is 1.56 bits per heavy atom. The molecule has 0 heterocycles. The predicted octanol–water partition coefficient (Wildman–Crippen LogP) is 2.77. The number of carbonyl (C=O) groups excluding carboxylic acids is 1. The van der Waals surface area contributed by atoms with Crippen molar-refractivity contribution in [3.63, 3.8) is 0 Å². The summed E-state index contributed by atoms with van der Waals surface area (Å²) < 4.78 is 16.0. The van der Waals surface area contributed by atoms with E-state index in [-0.39, 0.29) is 5.91 Å². The van der Waals surface area contributed by atoms with Gasteiger partial charge in [0.1, 0.15) is 0 Å². The Labute approximate surface area is 161 Å². The lowest BCUT2D eigenvalue weighted by Crippen LogP contribution is -2.34. The number of hydrogen-bond acceptors (Lipinski definition) is 5. The summed E-state index contributed by atoms with van der Waals surface area (Å²) in [4.78, 5) is 14.2. The summed E-state index contributed by atoms with van der Waals surface area (Å²) in [5.41, 5.74) is 3.28. The molecule has 0 radical (unpaired) electrons. The van der Waals surface area contributed by atoms with E-state index < -0.39 is 0 Å². The molecule has 0 aliphatic heterocycles. The number of ether oxygens (including phenoxy) is 3. The van der Waals surface area contributed by atoms with Crippen LogP contribution in [0.15, 0.2) is 36.4 Å². The first-order chi connectivity index (χ1) is 13.0. The maximum Gasteiger partial charge on any atom is 0.234 e. The van der Waals surface area contributed by atoms with Gasteiger partial charge in [0.05, 0.1) is 27.9 Å². The van der Waals surface area contributed by atoms with E-state index in [1.54, 1.807) is 21.3 Å². The molecule has 0 saturated carbocycles. The molecule has 6 heteroatoms. The third-order valence-electron chi connectivity index (χ3n) is 4.20. The van der Waals surface area contributed by atoms with Crippen molar-refractivity contribution in [2.24, 2.45) is 0 Å². The molecule has 2 aromatic carbocycles. The lowest BCUT2D eigenvalue weighted by molar-refractivity contribution is -0.122. The number of hydrogen-bond donors (Lipinski definition) is 1. The Bertz CT molecular complexity index is 734. The number of amides is 1. The standard InChI is InChI=1S/C21H28N2O4/c1-15-6-8-16(9-7-15)13-23(2)14-20(24)22-12-17-10-18(25-3)21(27-5)19(11-17)26-4/h6-11H,12-14H2,1-5H3,(H,22,24). The fourth-order valence-corrected chi connectivity index (χ4v) is 2.80. The summed E-state index contributed by atoms with van der Waals surface area (Å²) in [6.45, 7) is 3.48. The molecule has 0 bridgehead atoms. The second-order valence-electron chi connectivity index (χ2n) is 6.47. The van der Waals surface area contributed by atoms with Crippen molar-refractivity contribution >= 4 is 5.91 Å². The van der Waals surface area contributed by atoms with Crippen LogP contribution < -0.4 is 19.5 Å². The monoisotopic (exact) mass is 372 g/mol.